The van der Waals surface area contributed by atoms with Crippen molar-refractivity contribution in [3.8, 4) is 5.75 Å². The molecule has 180 valence electrons. The first-order chi connectivity index (χ1) is 15.6. The Morgan fingerprint density at radius 1 is 1.12 bits per heavy atom. The van der Waals surface area contributed by atoms with E-state index in [4.69, 9.17) is 0 Å². The molecule has 1 saturated carbocycles. The average molecular weight is 458 g/mol. The maximum absolute atomic E-state index is 13.6. The number of aromatic hydroxyl groups is 1. The Balaban J connectivity index is 2.13. The Bertz CT molecular complexity index is 1110. The number of H-pyrrole nitrogens is 1. The Kier molecular flexibility index (Phi) is 7.50. The minimum atomic E-state index is -0.407. The van der Waals surface area contributed by atoms with Gasteiger partial charge < -0.3 is 20.6 Å². The summed E-state index contributed by atoms with van der Waals surface area (Å²) in [6.07, 6.45) is 4.77. The van der Waals surface area contributed by atoms with E-state index in [0.29, 0.717) is 0 Å². The van der Waals surface area contributed by atoms with Crippen LogP contribution in [-0.2, 0) is 0 Å². The molecule has 9 nitrogen and oxygen atoms in total. The van der Waals surface area contributed by atoms with E-state index in [0.717, 1.165) is 32.1 Å². The maximum atomic E-state index is 13.6. The van der Waals surface area contributed by atoms with E-state index < -0.39 is 5.56 Å². The lowest BCUT2D eigenvalue weighted by Gasteiger charge is -2.26. The summed E-state index contributed by atoms with van der Waals surface area (Å²) in [5.74, 6) is -0.427. The fraction of sp³-hybridized carbons (Fsp3) is 0.542. The highest BCUT2D eigenvalue weighted by Gasteiger charge is 2.25. The molecule has 1 amide bonds. The molecule has 1 atom stereocenters. The van der Waals surface area contributed by atoms with Crippen molar-refractivity contribution in [2.24, 2.45) is 5.92 Å². The zero-order valence-corrected chi connectivity index (χ0v) is 20.1. The van der Waals surface area contributed by atoms with E-state index in [-0.39, 0.29) is 57.8 Å². The van der Waals surface area contributed by atoms with E-state index in [1.807, 2.05) is 20.8 Å². The highest BCUT2D eigenvalue weighted by atomic mass is 16.3. The summed E-state index contributed by atoms with van der Waals surface area (Å²) in [6, 6.07) is 4.55. The van der Waals surface area contributed by atoms with Gasteiger partial charge in [0.05, 0.1) is 17.3 Å². The monoisotopic (exact) mass is 457 g/mol. The topological polar surface area (TPSA) is 119 Å². The highest BCUT2D eigenvalue weighted by Crippen LogP contribution is 2.32. The molecule has 0 aliphatic heterocycles. The summed E-state index contributed by atoms with van der Waals surface area (Å²) < 4.78 is 1.42. The lowest BCUT2D eigenvalue weighted by molar-refractivity contribution is 0.0824. The Morgan fingerprint density at radius 2 is 1.79 bits per heavy atom. The molecule has 0 saturated heterocycles. The predicted molar refractivity (Wildman–Crippen MR) is 131 cm³/mol. The standard InChI is InChI=1S/C24H35N5O4/c1-14(2)15(3)25-19-20(24(33)29(27-22(19)31)16-10-7-6-8-11-16)26-18-13-9-12-17(21(18)30)23(32)28(4)5/h9,12-16,25-26,30H,6-8,10-11H2,1-5H3,(H,27,31). The van der Waals surface area contributed by atoms with Crippen molar-refractivity contribution in [3.63, 3.8) is 0 Å². The quantitative estimate of drug-likeness (QED) is 0.471. The van der Waals surface area contributed by atoms with E-state index in [1.165, 1.54) is 15.6 Å². The van der Waals surface area contributed by atoms with Gasteiger partial charge in [0, 0.05) is 20.1 Å². The molecule has 1 aromatic heterocycles. The number of anilines is 3. The van der Waals surface area contributed by atoms with Crippen molar-refractivity contribution in [1.82, 2.24) is 14.7 Å². The van der Waals surface area contributed by atoms with Gasteiger partial charge >= 0.3 is 0 Å². The van der Waals surface area contributed by atoms with E-state index in [1.54, 1.807) is 26.2 Å². The number of nitrogens with one attached hydrogen (secondary N) is 3. The molecule has 1 aromatic carbocycles. The molecule has 1 aliphatic rings. The summed E-state index contributed by atoms with van der Waals surface area (Å²) >= 11 is 0. The number of phenols is 1. The van der Waals surface area contributed by atoms with E-state index in [2.05, 4.69) is 15.7 Å². The van der Waals surface area contributed by atoms with Gasteiger partial charge in [0.25, 0.3) is 17.0 Å². The molecule has 4 N–H and O–H groups in total. The zero-order chi connectivity index (χ0) is 24.3. The van der Waals surface area contributed by atoms with Gasteiger partial charge in [0.1, 0.15) is 11.4 Å². The minimum absolute atomic E-state index is 0.0570. The van der Waals surface area contributed by atoms with E-state index >= 15 is 0 Å². The van der Waals surface area contributed by atoms with Crippen LogP contribution in [0.1, 0.15) is 69.3 Å². The third-order valence-electron chi connectivity index (χ3n) is 6.38. The molecular formula is C24H35N5O4. The van der Waals surface area contributed by atoms with Crippen LogP contribution in [0.15, 0.2) is 27.8 Å². The number of aromatic nitrogens is 2. The third-order valence-corrected chi connectivity index (χ3v) is 6.38. The lowest BCUT2D eigenvalue weighted by atomic mass is 9.95. The van der Waals surface area contributed by atoms with Crippen LogP contribution in [0.25, 0.3) is 0 Å². The molecule has 9 heteroatoms. The molecule has 3 rings (SSSR count). The molecule has 1 heterocycles. The summed E-state index contributed by atoms with van der Waals surface area (Å²) in [5.41, 5.74) is -0.314. The number of nitrogens with zero attached hydrogens (tertiary/aromatic N) is 2. The number of para-hydroxylation sites is 1. The summed E-state index contributed by atoms with van der Waals surface area (Å²) in [7, 11) is 3.19. The average Bonchev–Trinajstić information content (AvgIpc) is 2.79. The molecule has 1 aliphatic carbocycles. The minimum Gasteiger partial charge on any atom is -0.505 e. The number of benzene rings is 1. The molecule has 1 fully saturated rings. The van der Waals surface area contributed by atoms with E-state index in [9.17, 15) is 19.5 Å². The fourth-order valence-electron chi connectivity index (χ4n) is 3.99. The van der Waals surface area contributed by atoms with Crippen LogP contribution >= 0.6 is 0 Å². The van der Waals surface area contributed by atoms with Gasteiger partial charge in [-0.25, -0.2) is 4.68 Å². The second-order valence-corrected chi connectivity index (χ2v) is 9.36. The first-order valence-corrected chi connectivity index (χ1v) is 11.6. The number of hydrogen-bond donors (Lipinski definition) is 4. The summed E-state index contributed by atoms with van der Waals surface area (Å²) in [5, 5.41) is 19.7. The number of hydrogen-bond acceptors (Lipinski definition) is 6. The third kappa shape index (κ3) is 5.23. The number of aromatic amines is 1. The molecule has 33 heavy (non-hydrogen) atoms. The first-order valence-electron chi connectivity index (χ1n) is 11.6. The van der Waals surface area contributed by atoms with Gasteiger partial charge in [-0.05, 0) is 37.8 Å². The van der Waals surface area contributed by atoms with Crippen LogP contribution in [0.3, 0.4) is 0 Å². The number of phenolic OH excluding ortho intramolecular Hbond substituents is 1. The van der Waals surface area contributed by atoms with Crippen LogP contribution in [0, 0.1) is 5.92 Å². The predicted octanol–water partition coefficient (Wildman–Crippen LogP) is 3.65. The largest absolute Gasteiger partial charge is 0.505 e. The number of amides is 1. The molecular weight excluding hydrogens is 422 g/mol. The number of rotatable bonds is 7. The van der Waals surface area contributed by atoms with Gasteiger partial charge in [-0.15, -0.1) is 0 Å². The van der Waals surface area contributed by atoms with Crippen molar-refractivity contribution < 1.29 is 9.90 Å². The smallest absolute Gasteiger partial charge is 0.291 e. The van der Waals surface area contributed by atoms with Gasteiger partial charge in [-0.3, -0.25) is 19.5 Å². The second kappa shape index (κ2) is 10.1. The van der Waals surface area contributed by atoms with Gasteiger partial charge in [-0.1, -0.05) is 39.2 Å². The van der Waals surface area contributed by atoms with Gasteiger partial charge in [0.2, 0.25) is 0 Å². The Labute approximate surface area is 193 Å². The van der Waals surface area contributed by atoms with Crippen molar-refractivity contribution >= 4 is 23.0 Å². The molecule has 1 unspecified atom stereocenters. The second-order valence-electron chi connectivity index (χ2n) is 9.36. The highest BCUT2D eigenvalue weighted by molar-refractivity contribution is 5.98. The summed E-state index contributed by atoms with van der Waals surface area (Å²) in [4.78, 5) is 40.5. The van der Waals surface area contributed by atoms with Crippen molar-refractivity contribution in [2.75, 3.05) is 24.7 Å². The number of carbonyl (C=O) groups excluding carboxylic acids is 1. The molecule has 2 aromatic rings. The number of carbonyl (C=O) groups is 1. The van der Waals surface area contributed by atoms with Crippen LogP contribution in [-0.4, -0.2) is 45.8 Å². The first kappa shape index (κ1) is 24.4. The molecule has 0 bridgehead atoms. The van der Waals surface area contributed by atoms with Gasteiger partial charge in [-0.2, -0.15) is 0 Å². The molecule has 0 radical (unpaired) electrons. The van der Waals surface area contributed by atoms with Crippen LogP contribution in [0.5, 0.6) is 5.75 Å². The van der Waals surface area contributed by atoms with Crippen LogP contribution in [0.2, 0.25) is 0 Å². The van der Waals surface area contributed by atoms with Crippen molar-refractivity contribution in [1.29, 1.82) is 0 Å². The zero-order valence-electron chi connectivity index (χ0n) is 20.1. The summed E-state index contributed by atoms with van der Waals surface area (Å²) in [6.45, 7) is 5.98. The lowest BCUT2D eigenvalue weighted by Crippen LogP contribution is -2.38. The van der Waals surface area contributed by atoms with Crippen molar-refractivity contribution in [2.45, 2.75) is 65.0 Å². The normalized spacial score (nSPS) is 15.3. The van der Waals surface area contributed by atoms with Crippen molar-refractivity contribution in [3.05, 3.63) is 44.5 Å². The Hall–Kier alpha value is -3.23. The Morgan fingerprint density at radius 3 is 2.39 bits per heavy atom. The SMILES string of the molecule is CC(C)C(C)Nc1c(Nc2cccc(C(=O)N(C)C)c2O)c(=O)n(C2CCCCC2)[nH]c1=O. The fourth-order valence-corrected chi connectivity index (χ4v) is 3.99. The molecule has 0 spiro atoms. The van der Waals surface area contributed by atoms with Crippen LogP contribution < -0.4 is 21.8 Å². The van der Waals surface area contributed by atoms with Crippen LogP contribution in [0.4, 0.5) is 17.1 Å². The van der Waals surface area contributed by atoms with Gasteiger partial charge in [0.15, 0.2) is 5.75 Å². The maximum Gasteiger partial charge on any atom is 0.291 e.